The molecule has 116 valence electrons. The van der Waals surface area contributed by atoms with Gasteiger partial charge in [0.1, 0.15) is 0 Å². The second-order valence-electron chi connectivity index (χ2n) is 5.55. The molecule has 0 atom stereocenters. The Hall–Kier alpha value is -1.89. The van der Waals surface area contributed by atoms with Gasteiger partial charge in [-0.2, -0.15) is 0 Å². The van der Waals surface area contributed by atoms with Crippen molar-refractivity contribution in [3.63, 3.8) is 0 Å². The zero-order chi connectivity index (χ0) is 15.8. The highest BCUT2D eigenvalue weighted by Gasteiger charge is 2.34. The fraction of sp³-hybridized carbons (Fsp3) is 0.643. The van der Waals surface area contributed by atoms with Gasteiger partial charge in [-0.05, 0) is 0 Å². The van der Waals surface area contributed by atoms with Gasteiger partial charge < -0.3 is 9.30 Å². The number of nitrogens with zero attached hydrogens (tertiary/aromatic N) is 4. The van der Waals surface area contributed by atoms with E-state index in [0.29, 0.717) is 30.9 Å². The normalized spacial score (nSPS) is 16.2. The molecule has 21 heavy (non-hydrogen) atoms. The fourth-order valence-corrected chi connectivity index (χ4v) is 2.47. The minimum absolute atomic E-state index is 0.0351. The second-order valence-corrected chi connectivity index (χ2v) is 5.55. The van der Waals surface area contributed by atoms with E-state index in [2.05, 4.69) is 11.9 Å². The Morgan fingerprint density at radius 3 is 2.38 bits per heavy atom. The topological polar surface area (TPSA) is 71.0 Å². The zero-order valence-corrected chi connectivity index (χ0v) is 13.2. The number of hydrogen-bond donors (Lipinski definition) is 0. The summed E-state index contributed by atoms with van der Waals surface area (Å²) >= 11 is 0. The molecular weight excluding hydrogens is 272 g/mol. The van der Waals surface area contributed by atoms with Crippen LogP contribution in [-0.4, -0.2) is 31.9 Å². The van der Waals surface area contributed by atoms with Gasteiger partial charge in [-0.25, -0.2) is 9.78 Å². The van der Waals surface area contributed by atoms with Gasteiger partial charge in [-0.1, -0.05) is 20.8 Å². The predicted molar refractivity (Wildman–Crippen MR) is 80.5 cm³/mol. The molecule has 1 aliphatic rings. The van der Waals surface area contributed by atoms with Crippen LogP contribution in [-0.2, 0) is 25.4 Å². The Balaban J connectivity index is 0.000000774. The van der Waals surface area contributed by atoms with E-state index in [1.165, 1.54) is 11.6 Å². The van der Waals surface area contributed by atoms with E-state index in [1.54, 1.807) is 13.4 Å². The van der Waals surface area contributed by atoms with Crippen molar-refractivity contribution in [3.8, 4) is 0 Å². The summed E-state index contributed by atoms with van der Waals surface area (Å²) in [4.78, 5) is 28.3. The lowest BCUT2D eigenvalue weighted by molar-refractivity contribution is -0.109. The van der Waals surface area contributed by atoms with Crippen LogP contribution in [0.5, 0.6) is 0 Å². The number of hydrogen-bond acceptors (Lipinski definition) is 4. The van der Waals surface area contributed by atoms with Crippen molar-refractivity contribution < 1.29 is 4.74 Å². The summed E-state index contributed by atoms with van der Waals surface area (Å²) < 4.78 is 9.55. The van der Waals surface area contributed by atoms with Crippen LogP contribution in [0.4, 0.5) is 0 Å². The summed E-state index contributed by atoms with van der Waals surface area (Å²) in [7, 11) is 3.10. The first kappa shape index (κ1) is 15.5. The summed E-state index contributed by atoms with van der Waals surface area (Å²) in [6, 6.07) is 0. The number of fused-ring (bicyclic) bond motifs is 1. The molecule has 0 N–H and O–H groups in total. The maximum Gasteiger partial charge on any atom is 0.332 e. The third-order valence-corrected chi connectivity index (χ3v) is 3.67. The van der Waals surface area contributed by atoms with Gasteiger partial charge in [0.25, 0.3) is 5.56 Å². The number of imidazole rings is 1. The van der Waals surface area contributed by atoms with Gasteiger partial charge in [0.15, 0.2) is 11.2 Å². The van der Waals surface area contributed by atoms with Gasteiger partial charge in [0.05, 0.1) is 19.5 Å². The molecule has 3 rings (SSSR count). The van der Waals surface area contributed by atoms with Crippen LogP contribution >= 0.6 is 0 Å². The molecule has 0 amide bonds. The van der Waals surface area contributed by atoms with Crippen molar-refractivity contribution in [1.82, 2.24) is 18.7 Å². The minimum atomic E-state index is -0.360. The standard InChI is InChI=1S/C12H16N4O3.C2H6/c1-12(5-19-6-12)4-16-7-13-9-8(16)10(17)15(3)11(18)14(9)2;1-2/h7H,4-6H2,1-3H3;1-2H3. The lowest BCUT2D eigenvalue weighted by atomic mass is 9.88. The van der Waals surface area contributed by atoms with Crippen molar-refractivity contribution in [2.45, 2.75) is 27.3 Å². The van der Waals surface area contributed by atoms with E-state index in [1.807, 2.05) is 18.4 Å². The molecule has 0 saturated carbocycles. The van der Waals surface area contributed by atoms with Crippen LogP contribution in [0.15, 0.2) is 15.9 Å². The number of rotatable bonds is 2. The van der Waals surface area contributed by atoms with Crippen LogP contribution in [0.2, 0.25) is 0 Å². The highest BCUT2D eigenvalue weighted by atomic mass is 16.5. The average molecular weight is 294 g/mol. The number of aromatic nitrogens is 4. The van der Waals surface area contributed by atoms with Gasteiger partial charge in [-0.15, -0.1) is 0 Å². The fourth-order valence-electron chi connectivity index (χ4n) is 2.47. The van der Waals surface area contributed by atoms with Crippen LogP contribution in [0.3, 0.4) is 0 Å². The first-order valence-electron chi connectivity index (χ1n) is 7.11. The van der Waals surface area contributed by atoms with E-state index in [0.717, 1.165) is 4.57 Å². The maximum atomic E-state index is 12.2. The smallest absolute Gasteiger partial charge is 0.332 e. The highest BCUT2D eigenvalue weighted by Crippen LogP contribution is 2.29. The van der Waals surface area contributed by atoms with Crippen molar-refractivity contribution >= 4 is 11.2 Å². The van der Waals surface area contributed by atoms with E-state index < -0.39 is 0 Å². The summed E-state index contributed by atoms with van der Waals surface area (Å²) in [5.41, 5.74) is 0.267. The lowest BCUT2D eigenvalue weighted by Gasteiger charge is -2.38. The van der Waals surface area contributed by atoms with Gasteiger partial charge in [0.2, 0.25) is 0 Å². The van der Waals surface area contributed by atoms with E-state index in [4.69, 9.17) is 4.74 Å². The van der Waals surface area contributed by atoms with E-state index in [9.17, 15) is 9.59 Å². The van der Waals surface area contributed by atoms with Crippen LogP contribution in [0, 0.1) is 5.41 Å². The molecule has 2 aromatic rings. The zero-order valence-electron chi connectivity index (χ0n) is 13.2. The molecule has 1 fully saturated rings. The Morgan fingerprint density at radius 2 is 1.86 bits per heavy atom. The highest BCUT2D eigenvalue weighted by molar-refractivity contribution is 5.69. The quantitative estimate of drug-likeness (QED) is 0.808. The second kappa shape index (κ2) is 5.48. The number of ether oxygens (including phenoxy) is 1. The average Bonchev–Trinajstić information content (AvgIpc) is 2.87. The summed E-state index contributed by atoms with van der Waals surface area (Å²) in [6.45, 7) is 8.13. The molecule has 1 aliphatic heterocycles. The third kappa shape index (κ3) is 2.42. The molecule has 0 spiro atoms. The largest absolute Gasteiger partial charge is 0.380 e. The maximum absolute atomic E-state index is 12.2. The molecule has 0 radical (unpaired) electrons. The van der Waals surface area contributed by atoms with E-state index >= 15 is 0 Å². The summed E-state index contributed by atoms with van der Waals surface area (Å²) in [5.74, 6) is 0. The Bertz CT molecular complexity index is 765. The SMILES string of the molecule is CC.Cn1c(=O)c2c(ncn2CC2(C)COC2)n(C)c1=O. The Kier molecular flexibility index (Phi) is 4.04. The van der Waals surface area contributed by atoms with Crippen molar-refractivity contribution in [2.24, 2.45) is 19.5 Å². The monoisotopic (exact) mass is 294 g/mol. The molecule has 3 heterocycles. The Morgan fingerprint density at radius 1 is 1.24 bits per heavy atom. The van der Waals surface area contributed by atoms with Gasteiger partial charge >= 0.3 is 5.69 Å². The van der Waals surface area contributed by atoms with Crippen molar-refractivity contribution in [3.05, 3.63) is 27.2 Å². The Labute approximate surface area is 122 Å². The number of aryl methyl sites for hydroxylation is 1. The molecule has 0 bridgehead atoms. The predicted octanol–water partition coefficient (Wildman–Crippen LogP) is 0.496. The molecule has 7 nitrogen and oxygen atoms in total. The van der Waals surface area contributed by atoms with Crippen molar-refractivity contribution in [2.75, 3.05) is 13.2 Å². The molecule has 0 aliphatic carbocycles. The molecule has 1 saturated heterocycles. The minimum Gasteiger partial charge on any atom is -0.380 e. The molecule has 7 heteroatoms. The van der Waals surface area contributed by atoms with Gasteiger partial charge in [0, 0.05) is 26.1 Å². The van der Waals surface area contributed by atoms with Crippen LogP contribution < -0.4 is 11.2 Å². The van der Waals surface area contributed by atoms with Crippen LogP contribution in [0.25, 0.3) is 11.2 Å². The lowest BCUT2D eigenvalue weighted by Crippen LogP contribution is -2.44. The molecule has 0 unspecified atom stereocenters. The molecule has 2 aromatic heterocycles. The van der Waals surface area contributed by atoms with Gasteiger partial charge in [-0.3, -0.25) is 13.9 Å². The summed E-state index contributed by atoms with van der Waals surface area (Å²) in [5, 5.41) is 0. The summed E-state index contributed by atoms with van der Waals surface area (Å²) in [6.07, 6.45) is 1.62. The van der Waals surface area contributed by atoms with E-state index in [-0.39, 0.29) is 16.7 Å². The molecule has 0 aromatic carbocycles. The van der Waals surface area contributed by atoms with Crippen LogP contribution in [0.1, 0.15) is 20.8 Å². The molecular formula is C14H22N4O3. The first-order valence-corrected chi connectivity index (χ1v) is 7.11. The third-order valence-electron chi connectivity index (χ3n) is 3.67. The first-order chi connectivity index (χ1) is 9.93. The van der Waals surface area contributed by atoms with Crippen molar-refractivity contribution in [1.29, 1.82) is 0 Å².